The zero-order chi connectivity index (χ0) is 21.0. The van der Waals surface area contributed by atoms with E-state index < -0.39 is 5.41 Å². The highest BCUT2D eigenvalue weighted by molar-refractivity contribution is 6.05. The molecular weight excluding hydrogens is 392 g/mol. The van der Waals surface area contributed by atoms with Gasteiger partial charge in [0.15, 0.2) is 0 Å². The van der Waals surface area contributed by atoms with Crippen LogP contribution in [-0.4, -0.2) is 40.0 Å². The highest BCUT2D eigenvalue weighted by Crippen LogP contribution is 2.54. The molecule has 7 nitrogen and oxygen atoms in total. The van der Waals surface area contributed by atoms with Crippen LogP contribution in [0.2, 0.25) is 0 Å². The molecule has 160 valence electrons. The largest absolute Gasteiger partial charge is 0.440 e. The number of aryl methyl sites for hydroxylation is 1. The Labute approximate surface area is 181 Å². The van der Waals surface area contributed by atoms with Crippen LogP contribution in [0, 0.1) is 11.8 Å². The van der Waals surface area contributed by atoms with Crippen molar-refractivity contribution >= 4 is 17.8 Å². The van der Waals surface area contributed by atoms with Crippen molar-refractivity contribution in [1.82, 2.24) is 14.9 Å². The standard InChI is InChI=1S/C24H26N4O3/c29-22-24(18-7-4-10-26-21(18)27-22)11-16-13-28(14-17(16)12-24)23(30)31-19-8-2-1-5-15-6-3-9-25-20(15)19/h3-4,6-7,9-10,16-17,19H,1-2,5,8,11-14H2,(H,26,27,29)/t16-,17+,19?,24?. The van der Waals surface area contributed by atoms with E-state index in [1.54, 1.807) is 12.4 Å². The van der Waals surface area contributed by atoms with Crippen LogP contribution in [-0.2, 0) is 21.4 Å². The van der Waals surface area contributed by atoms with E-state index in [0.717, 1.165) is 49.8 Å². The topological polar surface area (TPSA) is 84.4 Å². The maximum atomic E-state index is 13.0. The quantitative estimate of drug-likeness (QED) is 0.715. The van der Waals surface area contributed by atoms with Gasteiger partial charge in [-0.2, -0.15) is 0 Å². The number of anilines is 1. The first-order chi connectivity index (χ1) is 15.1. The van der Waals surface area contributed by atoms with E-state index in [4.69, 9.17) is 4.74 Å². The van der Waals surface area contributed by atoms with Gasteiger partial charge in [0.25, 0.3) is 0 Å². The average Bonchev–Trinajstić information content (AvgIpc) is 3.36. The molecule has 1 N–H and O–H groups in total. The second kappa shape index (κ2) is 7.04. The lowest BCUT2D eigenvalue weighted by Gasteiger charge is -2.26. The van der Waals surface area contributed by atoms with Gasteiger partial charge in [-0.3, -0.25) is 9.78 Å². The normalized spacial score (nSPS) is 31.0. The smallest absolute Gasteiger partial charge is 0.410 e. The van der Waals surface area contributed by atoms with E-state index in [2.05, 4.69) is 21.4 Å². The molecule has 4 atom stereocenters. The predicted molar refractivity (Wildman–Crippen MR) is 113 cm³/mol. The molecule has 2 aliphatic carbocycles. The summed E-state index contributed by atoms with van der Waals surface area (Å²) < 4.78 is 5.98. The SMILES string of the molecule is O=C(OC1CCCCc2cccnc21)N1C[C@@H]2CC3(C[C@@H]2C1)C(=O)Nc1ncccc13. The first-order valence-electron chi connectivity index (χ1n) is 11.3. The number of fused-ring (bicyclic) bond motifs is 4. The molecule has 1 spiro atoms. The van der Waals surface area contributed by atoms with E-state index in [1.807, 2.05) is 23.1 Å². The molecule has 2 unspecified atom stereocenters. The Bertz CT molecular complexity index is 1040. The fourth-order valence-electron chi connectivity index (χ4n) is 6.22. The highest BCUT2D eigenvalue weighted by atomic mass is 16.6. The van der Waals surface area contributed by atoms with Crippen LogP contribution in [0.25, 0.3) is 0 Å². The first-order valence-corrected chi connectivity index (χ1v) is 11.3. The number of likely N-dealkylation sites (tertiary alicyclic amines) is 1. The summed E-state index contributed by atoms with van der Waals surface area (Å²) in [6, 6.07) is 7.96. The lowest BCUT2D eigenvalue weighted by molar-refractivity contribution is -0.120. The van der Waals surface area contributed by atoms with Gasteiger partial charge in [-0.25, -0.2) is 9.78 Å². The number of pyridine rings is 2. The minimum absolute atomic E-state index is 0.0610. The second-order valence-corrected chi connectivity index (χ2v) is 9.44. The van der Waals surface area contributed by atoms with Crippen LogP contribution >= 0.6 is 0 Å². The Morgan fingerprint density at radius 3 is 2.71 bits per heavy atom. The molecule has 0 bridgehead atoms. The maximum Gasteiger partial charge on any atom is 0.410 e. The third kappa shape index (κ3) is 2.93. The average molecular weight is 418 g/mol. The van der Waals surface area contributed by atoms with Gasteiger partial charge in [-0.15, -0.1) is 0 Å². The maximum absolute atomic E-state index is 13.0. The molecule has 2 aromatic rings. The summed E-state index contributed by atoms with van der Waals surface area (Å²) in [5.74, 6) is 1.38. The predicted octanol–water partition coefficient (Wildman–Crippen LogP) is 3.61. The Balaban J connectivity index is 1.16. The number of nitrogens with one attached hydrogen (secondary N) is 1. The number of amides is 2. The van der Waals surface area contributed by atoms with Crippen molar-refractivity contribution < 1.29 is 14.3 Å². The van der Waals surface area contributed by atoms with Crippen LogP contribution in [0.15, 0.2) is 36.7 Å². The van der Waals surface area contributed by atoms with E-state index in [0.29, 0.717) is 30.7 Å². The third-order valence-electron chi connectivity index (χ3n) is 7.68. The molecule has 2 fully saturated rings. The number of hydrogen-bond acceptors (Lipinski definition) is 5. The highest BCUT2D eigenvalue weighted by Gasteiger charge is 2.58. The van der Waals surface area contributed by atoms with Gasteiger partial charge in [0.1, 0.15) is 11.9 Å². The summed E-state index contributed by atoms with van der Waals surface area (Å²) in [5.41, 5.74) is 2.64. The summed E-state index contributed by atoms with van der Waals surface area (Å²) in [7, 11) is 0. The van der Waals surface area contributed by atoms with E-state index in [-0.39, 0.29) is 18.1 Å². The van der Waals surface area contributed by atoms with Gasteiger partial charge in [0, 0.05) is 31.0 Å². The van der Waals surface area contributed by atoms with Crippen LogP contribution in [0.4, 0.5) is 10.6 Å². The molecule has 1 saturated carbocycles. The first kappa shape index (κ1) is 18.8. The van der Waals surface area contributed by atoms with Crippen molar-refractivity contribution in [3.05, 3.63) is 53.5 Å². The van der Waals surface area contributed by atoms with Gasteiger partial charge in [0.05, 0.1) is 11.1 Å². The second-order valence-electron chi connectivity index (χ2n) is 9.44. The number of carbonyl (C=O) groups excluding carboxylic acids is 2. The fraction of sp³-hybridized carbons (Fsp3) is 0.500. The molecule has 1 saturated heterocycles. The summed E-state index contributed by atoms with van der Waals surface area (Å²) in [5, 5.41) is 2.96. The Morgan fingerprint density at radius 2 is 1.87 bits per heavy atom. The molecule has 7 heteroatoms. The summed E-state index contributed by atoms with van der Waals surface area (Å²) in [6.07, 6.45) is 8.46. The zero-order valence-electron chi connectivity index (χ0n) is 17.4. The van der Waals surface area contributed by atoms with Gasteiger partial charge >= 0.3 is 6.09 Å². The van der Waals surface area contributed by atoms with E-state index in [9.17, 15) is 9.59 Å². The molecule has 2 amide bonds. The molecule has 4 heterocycles. The third-order valence-corrected chi connectivity index (χ3v) is 7.68. The van der Waals surface area contributed by atoms with Crippen LogP contribution < -0.4 is 5.32 Å². The molecule has 4 aliphatic rings. The minimum atomic E-state index is -0.487. The van der Waals surface area contributed by atoms with Crippen molar-refractivity contribution in [2.75, 3.05) is 18.4 Å². The lowest BCUT2D eigenvalue weighted by Crippen LogP contribution is -2.36. The van der Waals surface area contributed by atoms with Crippen molar-refractivity contribution in [3.63, 3.8) is 0 Å². The number of carbonyl (C=O) groups is 2. The number of aromatic nitrogens is 2. The van der Waals surface area contributed by atoms with Crippen LogP contribution in [0.1, 0.15) is 55.0 Å². The van der Waals surface area contributed by atoms with Crippen molar-refractivity contribution in [1.29, 1.82) is 0 Å². The number of rotatable bonds is 1. The van der Waals surface area contributed by atoms with E-state index >= 15 is 0 Å². The molecule has 0 radical (unpaired) electrons. The summed E-state index contributed by atoms with van der Waals surface area (Å²) >= 11 is 0. The fourth-order valence-corrected chi connectivity index (χ4v) is 6.22. The molecule has 6 rings (SSSR count). The lowest BCUT2D eigenvalue weighted by atomic mass is 9.79. The number of hydrogen-bond donors (Lipinski definition) is 1. The van der Waals surface area contributed by atoms with Gasteiger partial charge in [-0.05, 0) is 68.1 Å². The van der Waals surface area contributed by atoms with Gasteiger partial charge in [-0.1, -0.05) is 12.1 Å². The molecule has 2 aromatic heterocycles. The summed E-state index contributed by atoms with van der Waals surface area (Å²) in [6.45, 7) is 1.30. The Hall–Kier alpha value is -2.96. The van der Waals surface area contributed by atoms with Crippen LogP contribution in [0.3, 0.4) is 0 Å². The molecular formula is C24H26N4O3. The molecule has 31 heavy (non-hydrogen) atoms. The number of nitrogens with zero attached hydrogens (tertiary/aromatic N) is 3. The summed E-state index contributed by atoms with van der Waals surface area (Å²) in [4.78, 5) is 36.6. The zero-order valence-corrected chi connectivity index (χ0v) is 17.4. The van der Waals surface area contributed by atoms with E-state index in [1.165, 1.54) is 5.56 Å². The number of ether oxygens (including phenoxy) is 1. The Morgan fingerprint density at radius 1 is 1.10 bits per heavy atom. The van der Waals surface area contributed by atoms with Crippen LogP contribution in [0.5, 0.6) is 0 Å². The van der Waals surface area contributed by atoms with Crippen molar-refractivity contribution in [2.45, 2.75) is 50.0 Å². The van der Waals surface area contributed by atoms with Gasteiger partial charge < -0.3 is 15.0 Å². The monoisotopic (exact) mass is 418 g/mol. The molecule has 2 aliphatic heterocycles. The molecule has 0 aromatic carbocycles. The van der Waals surface area contributed by atoms with Gasteiger partial charge in [0.2, 0.25) is 5.91 Å². The van der Waals surface area contributed by atoms with Crippen molar-refractivity contribution in [2.24, 2.45) is 11.8 Å². The Kier molecular flexibility index (Phi) is 4.26. The minimum Gasteiger partial charge on any atom is -0.440 e. The van der Waals surface area contributed by atoms with Crippen molar-refractivity contribution in [3.8, 4) is 0 Å².